The molecule has 0 bridgehead atoms. The number of aliphatic imine (C=N–C) groups is 1. The molecule has 2 aliphatic rings. The first-order valence-corrected chi connectivity index (χ1v) is 15.8. The van der Waals surface area contributed by atoms with Gasteiger partial charge in [0.2, 0.25) is 11.4 Å². The van der Waals surface area contributed by atoms with Gasteiger partial charge in [0.1, 0.15) is 29.4 Å². The average molecular weight is 698 g/mol. The number of thiazole rings is 1. The van der Waals surface area contributed by atoms with Gasteiger partial charge < -0.3 is 38.9 Å². The van der Waals surface area contributed by atoms with E-state index in [9.17, 15) is 28.8 Å². The fourth-order valence-electron chi connectivity index (χ4n) is 3.77. The van der Waals surface area contributed by atoms with Crippen molar-refractivity contribution < 1.29 is 52.6 Å². The highest BCUT2D eigenvalue weighted by Gasteiger charge is 2.55. The van der Waals surface area contributed by atoms with E-state index in [1.165, 1.54) is 49.4 Å². The van der Waals surface area contributed by atoms with E-state index < -0.39 is 59.8 Å². The molecule has 1 N–H and O–H groups in total. The summed E-state index contributed by atoms with van der Waals surface area (Å²) in [6.45, 7) is 5.23. The molecule has 0 aliphatic carbocycles. The molecule has 1 fully saturated rings. The molecule has 47 heavy (non-hydrogen) atoms. The Morgan fingerprint density at radius 2 is 1.83 bits per heavy atom. The lowest BCUT2D eigenvalue weighted by Crippen LogP contribution is -2.71. The Morgan fingerprint density at radius 3 is 2.45 bits per heavy atom. The minimum atomic E-state index is -1.41. The summed E-state index contributed by atoms with van der Waals surface area (Å²) in [6.07, 6.45) is -2.15. The van der Waals surface area contributed by atoms with Gasteiger partial charge in [-0.25, -0.2) is 29.2 Å². The third-order valence-corrected chi connectivity index (χ3v) is 7.83. The third-order valence-electron chi connectivity index (χ3n) is 5.74. The van der Waals surface area contributed by atoms with Crippen molar-refractivity contribution in [2.24, 2.45) is 10.1 Å². The molecule has 3 amide bonds. The van der Waals surface area contributed by atoms with Crippen molar-refractivity contribution in [2.75, 3.05) is 40.6 Å². The summed E-state index contributed by atoms with van der Waals surface area (Å²) in [6, 6.07) is -1.15. The molecule has 0 spiro atoms. The second kappa shape index (κ2) is 16.2. The predicted molar refractivity (Wildman–Crippen MR) is 168 cm³/mol. The Hall–Kier alpha value is -4.72. The third kappa shape index (κ3) is 9.88. The van der Waals surface area contributed by atoms with Gasteiger partial charge in [-0.1, -0.05) is 5.16 Å². The maximum atomic E-state index is 13.5. The van der Waals surface area contributed by atoms with Crippen molar-refractivity contribution in [3.05, 3.63) is 22.3 Å². The molecule has 20 heteroatoms. The summed E-state index contributed by atoms with van der Waals surface area (Å²) < 4.78 is 20.4. The average Bonchev–Trinajstić information content (AvgIpc) is 3.44. The zero-order valence-corrected chi connectivity index (χ0v) is 28.5. The van der Waals surface area contributed by atoms with Crippen molar-refractivity contribution in [3.63, 3.8) is 0 Å². The number of carbonyl (C=O) groups excluding carboxylic acids is 6. The smallest absolute Gasteiger partial charge is 0.445 e. The number of hydrogen-bond donors (Lipinski definition) is 1. The van der Waals surface area contributed by atoms with Crippen LogP contribution in [-0.2, 0) is 43.0 Å². The molecular weight excluding hydrogens is 662 g/mol. The molecular formula is C27H35N7O11S2. The number of nitrogens with one attached hydrogen (secondary N) is 1. The number of aromatic nitrogens is 1. The van der Waals surface area contributed by atoms with E-state index >= 15 is 0 Å². The van der Waals surface area contributed by atoms with Crippen LogP contribution in [0.5, 0.6) is 0 Å². The van der Waals surface area contributed by atoms with Gasteiger partial charge in [0.25, 0.3) is 11.8 Å². The topological polar surface area (TPSA) is 208 Å². The van der Waals surface area contributed by atoms with E-state index in [2.05, 4.69) is 20.4 Å². The Morgan fingerprint density at radius 1 is 1.13 bits per heavy atom. The van der Waals surface area contributed by atoms with Gasteiger partial charge in [-0.2, -0.15) is 0 Å². The maximum Gasteiger partial charge on any atom is 0.511 e. The number of amides is 3. The number of oxime groups is 1. The molecule has 3 atom stereocenters. The van der Waals surface area contributed by atoms with E-state index in [0.29, 0.717) is 0 Å². The molecule has 1 aromatic heterocycles. The summed E-state index contributed by atoms with van der Waals surface area (Å²) >= 11 is 2.28. The number of thioether (sulfide) groups is 1. The van der Waals surface area contributed by atoms with Crippen LogP contribution in [0.4, 0.5) is 14.7 Å². The van der Waals surface area contributed by atoms with Gasteiger partial charge in [0.15, 0.2) is 5.71 Å². The highest BCUT2D eigenvalue weighted by molar-refractivity contribution is 8.00. The highest BCUT2D eigenvalue weighted by atomic mass is 32.2. The van der Waals surface area contributed by atoms with E-state index in [1.54, 1.807) is 32.8 Å². The first-order valence-electron chi connectivity index (χ1n) is 13.9. The molecule has 18 nitrogen and oxygen atoms in total. The zero-order valence-electron chi connectivity index (χ0n) is 26.9. The number of rotatable bonds is 12. The number of fused-ring (bicyclic) bond motifs is 1. The molecule has 3 heterocycles. The quantitative estimate of drug-likeness (QED) is 0.0479. The molecule has 0 radical (unpaired) electrons. The van der Waals surface area contributed by atoms with Gasteiger partial charge in [-0.3, -0.25) is 14.5 Å². The summed E-state index contributed by atoms with van der Waals surface area (Å²) in [5, 5.41) is 7.18. The summed E-state index contributed by atoms with van der Waals surface area (Å²) in [4.78, 5) is 92.7. The lowest BCUT2D eigenvalue weighted by Gasteiger charge is -2.49. The minimum absolute atomic E-state index is 0.0405. The SMILES string of the molecule is CC(=O)O/N=C(\C(=O)NC1C(=O)N2C(C(=O)OC(C)OC(=O)OC(C)C)=C(COC(=O)N(C)C)CSC12)c1csc(N=CN(C)C)n1. The van der Waals surface area contributed by atoms with Gasteiger partial charge in [0.05, 0.1) is 12.4 Å². The number of β-lactam (4-membered cyclic amide) rings is 1. The lowest BCUT2D eigenvalue weighted by atomic mass is 10.0. The van der Waals surface area contributed by atoms with Crippen LogP contribution in [0.2, 0.25) is 0 Å². The van der Waals surface area contributed by atoms with Crippen molar-refractivity contribution in [2.45, 2.75) is 51.5 Å². The van der Waals surface area contributed by atoms with Crippen molar-refractivity contribution >= 4 is 76.3 Å². The van der Waals surface area contributed by atoms with Crippen LogP contribution < -0.4 is 5.32 Å². The summed E-state index contributed by atoms with van der Waals surface area (Å²) in [5.41, 5.74) is -0.341. The van der Waals surface area contributed by atoms with Crippen LogP contribution in [0.15, 0.2) is 26.8 Å². The van der Waals surface area contributed by atoms with E-state index in [4.69, 9.17) is 23.8 Å². The molecule has 2 aliphatic heterocycles. The minimum Gasteiger partial charge on any atom is -0.445 e. The van der Waals surface area contributed by atoms with Crippen LogP contribution in [0.3, 0.4) is 0 Å². The van der Waals surface area contributed by atoms with E-state index in [1.807, 2.05) is 0 Å². The van der Waals surface area contributed by atoms with Crippen molar-refractivity contribution in [1.82, 2.24) is 25.0 Å². The molecule has 0 saturated carbocycles. The Bertz CT molecular complexity index is 1490. The Balaban J connectivity index is 1.84. The molecule has 256 valence electrons. The predicted octanol–water partition coefficient (Wildman–Crippen LogP) is 1.43. The number of hydrogen-bond acceptors (Lipinski definition) is 16. The molecule has 0 aromatic carbocycles. The van der Waals surface area contributed by atoms with Gasteiger partial charge in [0, 0.05) is 58.7 Å². The number of carbonyl (C=O) groups is 6. The monoisotopic (exact) mass is 697 g/mol. The van der Waals surface area contributed by atoms with Crippen molar-refractivity contribution in [3.8, 4) is 0 Å². The van der Waals surface area contributed by atoms with Gasteiger partial charge in [-0.15, -0.1) is 23.1 Å². The standard InChI is InChI=1S/C27H35N7O11S2/c1-13(2)42-27(40)44-15(4)43-24(38)20-16(9-41-26(39)33(7)8)10-46-23-19(22(37)34(20)23)30-21(36)18(31-45-14(3)35)17-11-47-25(29-17)28-12-32(5)6/h11-13,15,19,23H,9-10H2,1-8H3,(H,30,36)/b28-12?,31-18-. The maximum absolute atomic E-state index is 13.5. The highest BCUT2D eigenvalue weighted by Crippen LogP contribution is 2.41. The van der Waals surface area contributed by atoms with Crippen LogP contribution in [0.1, 0.15) is 33.4 Å². The zero-order chi connectivity index (χ0) is 35.0. The first-order chi connectivity index (χ1) is 22.1. The van der Waals surface area contributed by atoms with Crippen LogP contribution in [-0.4, -0.2) is 132 Å². The van der Waals surface area contributed by atoms with Crippen LogP contribution in [0, 0.1) is 0 Å². The molecule has 1 aromatic rings. The second-order valence-electron chi connectivity index (χ2n) is 10.5. The summed E-state index contributed by atoms with van der Waals surface area (Å²) in [5.74, 6) is -3.32. The molecule has 1 saturated heterocycles. The Labute approximate surface area is 278 Å². The van der Waals surface area contributed by atoms with Gasteiger partial charge in [-0.05, 0) is 13.8 Å². The Kier molecular flexibility index (Phi) is 12.7. The number of nitrogens with zero attached hydrogens (tertiary/aromatic N) is 6. The van der Waals surface area contributed by atoms with Crippen LogP contribution in [0.25, 0.3) is 0 Å². The van der Waals surface area contributed by atoms with Crippen molar-refractivity contribution in [1.29, 1.82) is 0 Å². The number of ether oxygens (including phenoxy) is 4. The fourth-order valence-corrected chi connectivity index (χ4v) is 5.74. The lowest BCUT2D eigenvalue weighted by molar-refractivity contribution is -0.169. The fraction of sp³-hybridized carbons (Fsp3) is 0.519. The largest absolute Gasteiger partial charge is 0.511 e. The summed E-state index contributed by atoms with van der Waals surface area (Å²) in [7, 11) is 6.47. The van der Waals surface area contributed by atoms with Crippen LogP contribution >= 0.6 is 23.1 Å². The molecule has 3 rings (SSSR count). The second-order valence-corrected chi connectivity index (χ2v) is 12.5. The van der Waals surface area contributed by atoms with Gasteiger partial charge >= 0.3 is 24.2 Å². The van der Waals surface area contributed by atoms with E-state index in [-0.39, 0.29) is 40.2 Å². The molecule has 3 unspecified atom stereocenters. The normalized spacial score (nSPS) is 18.2. The first kappa shape index (κ1) is 36.7. The van der Waals surface area contributed by atoms with E-state index in [0.717, 1.165) is 23.2 Å². The number of esters is 1.